The number of hydrogen-bond donors (Lipinski definition) is 2. The first kappa shape index (κ1) is 7.31. The third-order valence-corrected chi connectivity index (χ3v) is 1.43. The maximum atomic E-state index is 9.14. The van der Waals surface area contributed by atoms with Crippen LogP contribution in [0.4, 0.5) is 0 Å². The first-order chi connectivity index (χ1) is 4.75. The molecule has 1 unspecified atom stereocenters. The Kier molecular flexibility index (Phi) is 2.09. The van der Waals surface area contributed by atoms with Gasteiger partial charge in [0.1, 0.15) is 18.3 Å². The first-order valence-electron chi connectivity index (χ1n) is 3.06. The van der Waals surface area contributed by atoms with Gasteiger partial charge < -0.3 is 14.9 Å². The van der Waals surface area contributed by atoms with E-state index in [2.05, 4.69) is 6.58 Å². The molecule has 0 fully saturated rings. The quantitative estimate of drug-likeness (QED) is 0.499. The molecule has 0 aromatic rings. The minimum atomic E-state index is -0.887. The smallest absolute Gasteiger partial charge is 0.144 e. The molecule has 10 heavy (non-hydrogen) atoms. The lowest BCUT2D eigenvalue weighted by Crippen LogP contribution is -2.38. The third kappa shape index (κ3) is 1.20. The summed E-state index contributed by atoms with van der Waals surface area (Å²) in [4.78, 5) is 0. The molecule has 2 N–H and O–H groups in total. The van der Waals surface area contributed by atoms with Gasteiger partial charge in [-0.25, -0.2) is 0 Å². The van der Waals surface area contributed by atoms with Gasteiger partial charge in [0.15, 0.2) is 0 Å². The zero-order valence-electron chi connectivity index (χ0n) is 5.47. The average molecular weight is 142 g/mol. The summed E-state index contributed by atoms with van der Waals surface area (Å²) in [6, 6.07) is 0. The summed E-state index contributed by atoms with van der Waals surface area (Å²) in [7, 11) is 0. The Bertz CT molecular complexity index is 153. The average Bonchev–Trinajstić information content (AvgIpc) is 1.95. The fourth-order valence-electron chi connectivity index (χ4n) is 0.800. The summed E-state index contributed by atoms with van der Waals surface area (Å²) in [6.07, 6.45) is 2.01. The fraction of sp³-hybridized carbons (Fsp3) is 0.429. The Morgan fingerprint density at radius 1 is 1.50 bits per heavy atom. The van der Waals surface area contributed by atoms with Crippen LogP contribution >= 0.6 is 0 Å². The molecule has 0 spiro atoms. The number of rotatable bonds is 1. The molecule has 0 aliphatic carbocycles. The van der Waals surface area contributed by atoms with Gasteiger partial charge in [-0.05, 0) is 12.2 Å². The molecule has 0 aromatic heterocycles. The predicted molar refractivity (Wildman–Crippen MR) is 36.2 cm³/mol. The molecule has 3 atom stereocenters. The Morgan fingerprint density at radius 3 is 2.70 bits per heavy atom. The third-order valence-electron chi connectivity index (χ3n) is 1.43. The molecule has 1 aliphatic heterocycles. The van der Waals surface area contributed by atoms with E-state index in [9.17, 15) is 0 Å². The predicted octanol–water partition coefficient (Wildman–Crippen LogP) is -0.193. The van der Waals surface area contributed by atoms with Crippen molar-refractivity contribution in [2.45, 2.75) is 18.3 Å². The summed E-state index contributed by atoms with van der Waals surface area (Å²) in [5.41, 5.74) is 0. The molecule has 3 nitrogen and oxygen atoms in total. The zero-order valence-corrected chi connectivity index (χ0v) is 5.47. The second-order valence-electron chi connectivity index (χ2n) is 2.15. The van der Waals surface area contributed by atoms with Gasteiger partial charge in [0.05, 0.1) is 6.26 Å². The highest BCUT2D eigenvalue weighted by Gasteiger charge is 2.25. The Hall–Kier alpha value is -0.800. The van der Waals surface area contributed by atoms with Crippen molar-refractivity contribution in [3.05, 3.63) is 25.0 Å². The van der Waals surface area contributed by atoms with Gasteiger partial charge in [-0.3, -0.25) is 0 Å². The molecular weight excluding hydrogens is 132 g/mol. The van der Waals surface area contributed by atoms with E-state index in [0.717, 1.165) is 0 Å². The molecule has 1 rings (SSSR count). The monoisotopic (exact) mass is 142 g/mol. The van der Waals surface area contributed by atoms with Crippen LogP contribution in [-0.2, 0) is 4.74 Å². The maximum absolute atomic E-state index is 9.14. The van der Waals surface area contributed by atoms with Crippen LogP contribution in [0.2, 0.25) is 0 Å². The largest absolute Gasteiger partial charge is 0.491 e. The van der Waals surface area contributed by atoms with Crippen molar-refractivity contribution in [1.29, 1.82) is 0 Å². The SMILES string of the molecule is C=CC1OC=C[C@@H](O)[C@@H]1O. The van der Waals surface area contributed by atoms with E-state index in [1.54, 1.807) is 0 Å². The van der Waals surface area contributed by atoms with Crippen LogP contribution in [-0.4, -0.2) is 28.5 Å². The number of aliphatic hydroxyl groups is 2. The van der Waals surface area contributed by atoms with Crippen LogP contribution in [0, 0.1) is 0 Å². The number of aliphatic hydroxyl groups excluding tert-OH is 2. The van der Waals surface area contributed by atoms with Crippen molar-refractivity contribution < 1.29 is 14.9 Å². The van der Waals surface area contributed by atoms with E-state index in [1.807, 2.05) is 0 Å². The minimum absolute atomic E-state index is 0.486. The van der Waals surface area contributed by atoms with E-state index < -0.39 is 18.3 Å². The van der Waals surface area contributed by atoms with Crippen LogP contribution in [0.3, 0.4) is 0 Å². The maximum Gasteiger partial charge on any atom is 0.144 e. The second kappa shape index (κ2) is 2.86. The molecule has 0 radical (unpaired) electrons. The molecule has 0 aromatic carbocycles. The highest BCUT2D eigenvalue weighted by Crippen LogP contribution is 2.12. The number of hydrogen-bond acceptors (Lipinski definition) is 3. The molecule has 1 heterocycles. The van der Waals surface area contributed by atoms with Gasteiger partial charge in [-0.2, -0.15) is 0 Å². The summed E-state index contributed by atoms with van der Waals surface area (Å²) in [5.74, 6) is 0. The molecule has 1 aliphatic rings. The summed E-state index contributed by atoms with van der Waals surface area (Å²) in [6.45, 7) is 3.44. The van der Waals surface area contributed by atoms with Gasteiger partial charge in [0.25, 0.3) is 0 Å². The van der Waals surface area contributed by atoms with Gasteiger partial charge >= 0.3 is 0 Å². The molecule has 56 valence electrons. The van der Waals surface area contributed by atoms with Crippen LogP contribution in [0.15, 0.2) is 25.0 Å². The normalized spacial score (nSPS) is 38.8. The number of ether oxygens (including phenoxy) is 1. The molecule has 0 bridgehead atoms. The van der Waals surface area contributed by atoms with Gasteiger partial charge in [0, 0.05) is 0 Å². The van der Waals surface area contributed by atoms with Crippen molar-refractivity contribution in [3.63, 3.8) is 0 Å². The minimum Gasteiger partial charge on any atom is -0.491 e. The Morgan fingerprint density at radius 2 is 2.20 bits per heavy atom. The van der Waals surface area contributed by atoms with Crippen LogP contribution in [0.5, 0.6) is 0 Å². The topological polar surface area (TPSA) is 49.7 Å². The van der Waals surface area contributed by atoms with Crippen molar-refractivity contribution in [2.75, 3.05) is 0 Å². The first-order valence-corrected chi connectivity index (χ1v) is 3.06. The van der Waals surface area contributed by atoms with E-state index >= 15 is 0 Å². The highest BCUT2D eigenvalue weighted by molar-refractivity contribution is 5.02. The van der Waals surface area contributed by atoms with Crippen molar-refractivity contribution in [2.24, 2.45) is 0 Å². The molecule has 0 saturated heterocycles. The van der Waals surface area contributed by atoms with E-state index in [0.29, 0.717) is 0 Å². The van der Waals surface area contributed by atoms with Crippen LogP contribution in [0.25, 0.3) is 0 Å². The summed E-state index contributed by atoms with van der Waals surface area (Å²) >= 11 is 0. The molecule has 0 saturated carbocycles. The Balaban J connectivity index is 2.64. The van der Waals surface area contributed by atoms with Crippen LogP contribution < -0.4 is 0 Å². The zero-order chi connectivity index (χ0) is 7.56. The van der Waals surface area contributed by atoms with Crippen LogP contribution in [0.1, 0.15) is 0 Å². The molecule has 0 amide bonds. The van der Waals surface area contributed by atoms with E-state index in [1.165, 1.54) is 18.4 Å². The van der Waals surface area contributed by atoms with E-state index in [-0.39, 0.29) is 0 Å². The molecule has 3 heteroatoms. The summed E-state index contributed by atoms with van der Waals surface area (Å²) < 4.78 is 4.90. The summed E-state index contributed by atoms with van der Waals surface area (Å²) in [5, 5.41) is 18.2. The lowest BCUT2D eigenvalue weighted by molar-refractivity contribution is -0.0423. The highest BCUT2D eigenvalue weighted by atomic mass is 16.5. The lowest BCUT2D eigenvalue weighted by atomic mass is 10.1. The lowest BCUT2D eigenvalue weighted by Gasteiger charge is -2.25. The van der Waals surface area contributed by atoms with Gasteiger partial charge in [-0.1, -0.05) is 6.58 Å². The molecular formula is C7H10O3. The van der Waals surface area contributed by atoms with Crippen molar-refractivity contribution in [1.82, 2.24) is 0 Å². The van der Waals surface area contributed by atoms with E-state index in [4.69, 9.17) is 14.9 Å². The standard InChI is InChI=1S/C7H10O3/c1-2-6-7(9)5(8)3-4-10-6/h2-9H,1H2/t5-,6?,7+/m1/s1. The fourth-order valence-corrected chi connectivity index (χ4v) is 0.800. The van der Waals surface area contributed by atoms with Gasteiger partial charge in [-0.15, -0.1) is 0 Å². The van der Waals surface area contributed by atoms with Gasteiger partial charge in [0.2, 0.25) is 0 Å². The van der Waals surface area contributed by atoms with Crippen molar-refractivity contribution >= 4 is 0 Å². The van der Waals surface area contributed by atoms with Crippen molar-refractivity contribution in [3.8, 4) is 0 Å². The Labute approximate surface area is 59.2 Å². The second-order valence-corrected chi connectivity index (χ2v) is 2.15.